The summed E-state index contributed by atoms with van der Waals surface area (Å²) < 4.78 is 0. The Hall–Kier alpha value is -1.59. The molecule has 2 N–H and O–H groups in total. The number of carbonyl (C=O) groups excluding carboxylic acids is 2. The molecule has 2 rings (SSSR count). The zero-order chi connectivity index (χ0) is 15.2. The highest BCUT2D eigenvalue weighted by molar-refractivity contribution is 5.94. The van der Waals surface area contributed by atoms with E-state index in [0.717, 1.165) is 24.0 Å². The first kappa shape index (κ1) is 18.5. The quantitative estimate of drug-likeness (QED) is 0.878. The number of hydrogen-bond acceptors (Lipinski definition) is 3. The van der Waals surface area contributed by atoms with Crippen LogP contribution < -0.4 is 10.6 Å². The first-order valence-corrected chi connectivity index (χ1v) is 7.40. The van der Waals surface area contributed by atoms with Gasteiger partial charge in [0.1, 0.15) is 0 Å². The number of halogens is 1. The van der Waals surface area contributed by atoms with Crippen molar-refractivity contribution in [2.24, 2.45) is 0 Å². The molecule has 0 aromatic heterocycles. The first-order valence-electron chi connectivity index (χ1n) is 7.40. The number of amides is 2. The highest BCUT2D eigenvalue weighted by Crippen LogP contribution is 2.14. The highest BCUT2D eigenvalue weighted by atomic mass is 35.5. The SMILES string of the molecule is CNCC(=O)NC1CCN(C(=O)c2ccc(C)cc2)CC1.Cl. The largest absolute Gasteiger partial charge is 0.352 e. The first-order chi connectivity index (χ1) is 10.1. The van der Waals surface area contributed by atoms with Crippen molar-refractivity contribution in [3.63, 3.8) is 0 Å². The molecule has 5 nitrogen and oxygen atoms in total. The van der Waals surface area contributed by atoms with Crippen LogP contribution in [-0.4, -0.2) is 49.4 Å². The van der Waals surface area contributed by atoms with E-state index in [2.05, 4.69) is 10.6 Å². The van der Waals surface area contributed by atoms with Crippen molar-refractivity contribution in [2.45, 2.75) is 25.8 Å². The van der Waals surface area contributed by atoms with Gasteiger partial charge in [0.25, 0.3) is 5.91 Å². The van der Waals surface area contributed by atoms with Gasteiger partial charge in [-0.3, -0.25) is 9.59 Å². The summed E-state index contributed by atoms with van der Waals surface area (Å²) in [6, 6.07) is 7.83. The molecule has 1 saturated heterocycles. The van der Waals surface area contributed by atoms with E-state index < -0.39 is 0 Å². The second-order valence-electron chi connectivity index (χ2n) is 5.53. The molecule has 0 unspecified atom stereocenters. The van der Waals surface area contributed by atoms with E-state index in [1.807, 2.05) is 36.1 Å². The summed E-state index contributed by atoms with van der Waals surface area (Å²) in [4.78, 5) is 25.8. The number of benzene rings is 1. The predicted octanol–water partition coefficient (Wildman–Crippen LogP) is 1.36. The minimum Gasteiger partial charge on any atom is -0.352 e. The Morgan fingerprint density at radius 2 is 1.77 bits per heavy atom. The van der Waals surface area contributed by atoms with Gasteiger partial charge in [-0.2, -0.15) is 0 Å². The van der Waals surface area contributed by atoms with Gasteiger partial charge in [-0.25, -0.2) is 0 Å². The second kappa shape index (κ2) is 8.76. The molecule has 1 fully saturated rings. The average Bonchev–Trinajstić information content (AvgIpc) is 2.48. The normalized spacial score (nSPS) is 15.1. The fourth-order valence-electron chi connectivity index (χ4n) is 2.54. The number of nitrogens with zero attached hydrogens (tertiary/aromatic N) is 1. The van der Waals surface area contributed by atoms with E-state index >= 15 is 0 Å². The van der Waals surface area contributed by atoms with E-state index in [1.54, 1.807) is 7.05 Å². The van der Waals surface area contributed by atoms with Crippen molar-refractivity contribution in [3.8, 4) is 0 Å². The monoisotopic (exact) mass is 325 g/mol. The van der Waals surface area contributed by atoms with Crippen molar-refractivity contribution in [1.82, 2.24) is 15.5 Å². The molecule has 122 valence electrons. The smallest absolute Gasteiger partial charge is 0.253 e. The van der Waals surface area contributed by atoms with Crippen molar-refractivity contribution < 1.29 is 9.59 Å². The Balaban J connectivity index is 0.00000242. The minimum absolute atomic E-state index is 0. The van der Waals surface area contributed by atoms with Crippen LogP contribution in [0.25, 0.3) is 0 Å². The maximum absolute atomic E-state index is 12.4. The molecule has 6 heteroatoms. The van der Waals surface area contributed by atoms with Crippen LogP contribution in [-0.2, 0) is 4.79 Å². The number of aryl methyl sites for hydroxylation is 1. The number of nitrogens with one attached hydrogen (secondary N) is 2. The molecular formula is C16H24ClN3O2. The molecule has 1 heterocycles. The van der Waals surface area contributed by atoms with Crippen LogP contribution in [0, 0.1) is 6.92 Å². The number of carbonyl (C=O) groups is 2. The van der Waals surface area contributed by atoms with Crippen molar-refractivity contribution in [1.29, 1.82) is 0 Å². The Morgan fingerprint density at radius 1 is 1.18 bits per heavy atom. The van der Waals surface area contributed by atoms with Crippen LogP contribution in [0.1, 0.15) is 28.8 Å². The van der Waals surface area contributed by atoms with Crippen molar-refractivity contribution in [3.05, 3.63) is 35.4 Å². The Morgan fingerprint density at radius 3 is 2.32 bits per heavy atom. The van der Waals surface area contributed by atoms with Crippen molar-refractivity contribution >= 4 is 24.2 Å². The summed E-state index contributed by atoms with van der Waals surface area (Å²) in [5.41, 5.74) is 1.88. The van der Waals surface area contributed by atoms with Gasteiger partial charge in [0, 0.05) is 24.7 Å². The maximum atomic E-state index is 12.4. The van der Waals surface area contributed by atoms with Gasteiger partial charge in [0.2, 0.25) is 5.91 Å². The van der Waals surface area contributed by atoms with E-state index in [0.29, 0.717) is 19.6 Å². The minimum atomic E-state index is 0. The molecule has 0 spiro atoms. The highest BCUT2D eigenvalue weighted by Gasteiger charge is 2.24. The zero-order valence-electron chi connectivity index (χ0n) is 13.1. The lowest BCUT2D eigenvalue weighted by molar-refractivity contribution is -0.121. The number of rotatable bonds is 4. The lowest BCUT2D eigenvalue weighted by Gasteiger charge is -2.32. The third kappa shape index (κ3) is 5.00. The van der Waals surface area contributed by atoms with Crippen LogP contribution in [0.4, 0.5) is 0 Å². The Kier molecular flexibility index (Phi) is 7.35. The van der Waals surface area contributed by atoms with Crippen LogP contribution in [0.5, 0.6) is 0 Å². The van der Waals surface area contributed by atoms with E-state index in [4.69, 9.17) is 0 Å². The Labute approximate surface area is 137 Å². The van der Waals surface area contributed by atoms with Gasteiger partial charge in [-0.05, 0) is 38.9 Å². The average molecular weight is 326 g/mol. The maximum Gasteiger partial charge on any atom is 0.253 e. The molecule has 0 bridgehead atoms. The molecule has 0 radical (unpaired) electrons. The molecular weight excluding hydrogens is 302 g/mol. The van der Waals surface area contributed by atoms with Crippen LogP contribution >= 0.6 is 12.4 Å². The molecule has 22 heavy (non-hydrogen) atoms. The van der Waals surface area contributed by atoms with Gasteiger partial charge in [0.15, 0.2) is 0 Å². The molecule has 1 aromatic rings. The molecule has 0 saturated carbocycles. The van der Waals surface area contributed by atoms with Gasteiger partial charge in [-0.15, -0.1) is 12.4 Å². The number of likely N-dealkylation sites (tertiary alicyclic amines) is 1. The number of piperidine rings is 1. The summed E-state index contributed by atoms with van der Waals surface area (Å²) in [6.45, 7) is 3.73. The molecule has 0 atom stereocenters. The Bertz CT molecular complexity index is 497. The standard InChI is InChI=1S/C16H23N3O2.ClH/c1-12-3-5-13(6-4-12)16(21)19-9-7-14(8-10-19)18-15(20)11-17-2;/h3-6,14,17H,7-11H2,1-2H3,(H,18,20);1H. The summed E-state index contributed by atoms with van der Waals surface area (Å²) >= 11 is 0. The fourth-order valence-corrected chi connectivity index (χ4v) is 2.54. The van der Waals surface area contributed by atoms with Gasteiger partial charge in [-0.1, -0.05) is 17.7 Å². The lowest BCUT2D eigenvalue weighted by atomic mass is 10.0. The zero-order valence-corrected chi connectivity index (χ0v) is 13.9. The number of hydrogen-bond donors (Lipinski definition) is 2. The molecule has 1 aliphatic heterocycles. The van der Waals surface area contributed by atoms with E-state index in [1.165, 1.54) is 0 Å². The lowest BCUT2D eigenvalue weighted by Crippen LogP contribution is -2.48. The third-order valence-electron chi connectivity index (χ3n) is 3.78. The van der Waals surface area contributed by atoms with Gasteiger partial charge in [0.05, 0.1) is 6.54 Å². The topological polar surface area (TPSA) is 61.4 Å². The summed E-state index contributed by atoms with van der Waals surface area (Å²) in [6.07, 6.45) is 1.63. The summed E-state index contributed by atoms with van der Waals surface area (Å²) in [5, 5.41) is 5.82. The summed E-state index contributed by atoms with van der Waals surface area (Å²) in [5.74, 6) is 0.0933. The van der Waals surface area contributed by atoms with Crippen LogP contribution in [0.15, 0.2) is 24.3 Å². The fraction of sp³-hybridized carbons (Fsp3) is 0.500. The number of likely N-dealkylation sites (N-methyl/N-ethyl adjacent to an activating group) is 1. The molecule has 0 aliphatic carbocycles. The van der Waals surface area contributed by atoms with Crippen LogP contribution in [0.3, 0.4) is 0 Å². The van der Waals surface area contributed by atoms with Crippen LogP contribution in [0.2, 0.25) is 0 Å². The van der Waals surface area contributed by atoms with E-state index in [-0.39, 0.29) is 30.3 Å². The second-order valence-corrected chi connectivity index (χ2v) is 5.53. The summed E-state index contributed by atoms with van der Waals surface area (Å²) in [7, 11) is 1.75. The van der Waals surface area contributed by atoms with E-state index in [9.17, 15) is 9.59 Å². The van der Waals surface area contributed by atoms with Gasteiger partial charge >= 0.3 is 0 Å². The van der Waals surface area contributed by atoms with Gasteiger partial charge < -0.3 is 15.5 Å². The predicted molar refractivity (Wildman–Crippen MR) is 89.4 cm³/mol. The third-order valence-corrected chi connectivity index (χ3v) is 3.78. The molecule has 1 aliphatic rings. The van der Waals surface area contributed by atoms with Crippen molar-refractivity contribution in [2.75, 3.05) is 26.7 Å². The molecule has 2 amide bonds. The molecule has 1 aromatic carbocycles.